The molecule has 1 atom stereocenters. The van der Waals surface area contributed by atoms with Gasteiger partial charge in [0.05, 0.1) is 13.2 Å². The number of nitrogens with zero attached hydrogens (tertiary/aromatic N) is 1. The number of carbonyl (C=O) groups is 1. The Bertz CT molecular complexity index is 455. The summed E-state index contributed by atoms with van der Waals surface area (Å²) in [6.45, 7) is 3.25. The van der Waals surface area contributed by atoms with E-state index in [2.05, 4.69) is 5.32 Å². The van der Waals surface area contributed by atoms with Crippen molar-refractivity contribution in [1.29, 1.82) is 0 Å². The second-order valence-corrected chi connectivity index (χ2v) is 5.81. The molecule has 3 N–H and O–H groups in total. The Labute approximate surface area is 132 Å². The second-order valence-electron chi connectivity index (χ2n) is 5.81. The van der Waals surface area contributed by atoms with Crippen LogP contribution >= 0.6 is 0 Å². The van der Waals surface area contributed by atoms with Crippen molar-refractivity contribution in [1.82, 2.24) is 10.2 Å². The molecule has 1 aliphatic rings. The summed E-state index contributed by atoms with van der Waals surface area (Å²) in [6.07, 6.45) is 4.11. The van der Waals surface area contributed by atoms with Crippen molar-refractivity contribution in [3.63, 3.8) is 0 Å². The third kappa shape index (κ3) is 5.00. The lowest BCUT2D eigenvalue weighted by Crippen LogP contribution is -2.46. The highest BCUT2D eigenvalue weighted by atomic mass is 16.5. The van der Waals surface area contributed by atoms with Gasteiger partial charge in [0, 0.05) is 19.6 Å². The second kappa shape index (κ2) is 8.76. The van der Waals surface area contributed by atoms with Crippen LogP contribution in [0.4, 0.5) is 0 Å². The molecule has 5 heteroatoms. The van der Waals surface area contributed by atoms with E-state index in [0.717, 1.165) is 44.8 Å². The number of hydrogen-bond donors (Lipinski definition) is 2. The average Bonchev–Trinajstić information content (AvgIpc) is 2.59. The quantitative estimate of drug-likeness (QED) is 0.750. The summed E-state index contributed by atoms with van der Waals surface area (Å²) < 4.78 is 5.13. The fraction of sp³-hybridized carbons (Fsp3) is 0.588. The molecule has 1 saturated heterocycles. The van der Waals surface area contributed by atoms with E-state index in [9.17, 15) is 4.79 Å². The van der Waals surface area contributed by atoms with Crippen LogP contribution in [-0.4, -0.2) is 43.6 Å². The van der Waals surface area contributed by atoms with Crippen molar-refractivity contribution in [2.75, 3.05) is 26.7 Å². The minimum atomic E-state index is -0.388. The minimum Gasteiger partial charge on any atom is -0.497 e. The lowest BCUT2D eigenvalue weighted by molar-refractivity contribution is -0.133. The van der Waals surface area contributed by atoms with Gasteiger partial charge in [-0.2, -0.15) is 0 Å². The molecule has 1 aromatic carbocycles. The zero-order valence-electron chi connectivity index (χ0n) is 13.4. The first-order valence-corrected chi connectivity index (χ1v) is 8.08. The third-order valence-electron chi connectivity index (χ3n) is 4.11. The number of carbonyl (C=O) groups excluding carboxylic acids is 1. The van der Waals surface area contributed by atoms with E-state index in [0.29, 0.717) is 6.42 Å². The normalized spacial score (nSPS) is 16.4. The smallest absolute Gasteiger partial charge is 0.239 e. The summed E-state index contributed by atoms with van der Waals surface area (Å²) in [4.78, 5) is 14.1. The van der Waals surface area contributed by atoms with Crippen LogP contribution in [0.5, 0.6) is 5.75 Å². The van der Waals surface area contributed by atoms with Gasteiger partial charge in [0.1, 0.15) is 5.75 Å². The topological polar surface area (TPSA) is 67.6 Å². The van der Waals surface area contributed by atoms with E-state index in [-0.39, 0.29) is 11.9 Å². The molecule has 0 aromatic heterocycles. The molecule has 1 amide bonds. The molecular formula is C17H27N3O2. The third-order valence-corrected chi connectivity index (χ3v) is 4.11. The fourth-order valence-electron chi connectivity index (χ4n) is 2.71. The van der Waals surface area contributed by atoms with Crippen molar-refractivity contribution >= 4 is 5.91 Å². The van der Waals surface area contributed by atoms with E-state index in [1.165, 1.54) is 12.0 Å². The van der Waals surface area contributed by atoms with Crippen molar-refractivity contribution in [3.8, 4) is 5.75 Å². The molecule has 22 heavy (non-hydrogen) atoms. The highest BCUT2D eigenvalue weighted by Crippen LogP contribution is 2.11. The van der Waals surface area contributed by atoms with Crippen LogP contribution in [0.1, 0.15) is 31.2 Å². The lowest BCUT2D eigenvalue weighted by Gasteiger charge is -2.29. The van der Waals surface area contributed by atoms with Crippen molar-refractivity contribution < 1.29 is 9.53 Å². The van der Waals surface area contributed by atoms with Crippen LogP contribution in [-0.2, 0) is 11.3 Å². The molecule has 0 radical (unpaired) electrons. The van der Waals surface area contributed by atoms with E-state index in [1.807, 2.05) is 29.2 Å². The molecule has 122 valence electrons. The predicted molar refractivity (Wildman–Crippen MR) is 87.7 cm³/mol. The van der Waals surface area contributed by atoms with Gasteiger partial charge in [0.2, 0.25) is 5.91 Å². The Kier molecular flexibility index (Phi) is 6.68. The Morgan fingerprint density at radius 3 is 2.59 bits per heavy atom. The van der Waals surface area contributed by atoms with Crippen LogP contribution in [0.25, 0.3) is 0 Å². The molecule has 0 bridgehead atoms. The molecule has 1 aliphatic heterocycles. The van der Waals surface area contributed by atoms with Crippen LogP contribution in [0.3, 0.4) is 0 Å². The molecule has 1 unspecified atom stereocenters. The van der Waals surface area contributed by atoms with Gasteiger partial charge >= 0.3 is 0 Å². The van der Waals surface area contributed by atoms with Gasteiger partial charge in [-0.25, -0.2) is 0 Å². The number of ether oxygens (including phenoxy) is 1. The van der Waals surface area contributed by atoms with Gasteiger partial charge in [-0.3, -0.25) is 4.79 Å². The summed E-state index contributed by atoms with van der Waals surface area (Å²) in [5.41, 5.74) is 7.21. The van der Waals surface area contributed by atoms with Gasteiger partial charge in [-0.1, -0.05) is 12.1 Å². The Balaban J connectivity index is 1.65. The molecule has 1 heterocycles. The molecule has 0 aliphatic carbocycles. The fourth-order valence-corrected chi connectivity index (χ4v) is 2.71. The van der Waals surface area contributed by atoms with E-state index >= 15 is 0 Å². The molecule has 0 saturated carbocycles. The Morgan fingerprint density at radius 1 is 1.27 bits per heavy atom. The maximum Gasteiger partial charge on any atom is 0.239 e. The lowest BCUT2D eigenvalue weighted by atomic mass is 10.1. The first-order chi connectivity index (χ1) is 10.7. The SMILES string of the molecule is COc1ccc(CNCCC(N)C(=O)N2CCCCC2)cc1. The van der Waals surface area contributed by atoms with E-state index < -0.39 is 0 Å². The van der Waals surface area contributed by atoms with Crippen molar-refractivity contribution in [2.45, 2.75) is 38.3 Å². The summed E-state index contributed by atoms with van der Waals surface area (Å²) in [7, 11) is 1.66. The van der Waals surface area contributed by atoms with Crippen molar-refractivity contribution in [3.05, 3.63) is 29.8 Å². The highest BCUT2D eigenvalue weighted by molar-refractivity contribution is 5.81. The number of piperidine rings is 1. The van der Waals surface area contributed by atoms with Crippen LogP contribution < -0.4 is 15.8 Å². The summed E-state index contributed by atoms with van der Waals surface area (Å²) in [6, 6.07) is 7.57. The van der Waals surface area contributed by atoms with Gasteiger partial charge < -0.3 is 20.7 Å². The number of nitrogens with one attached hydrogen (secondary N) is 1. The first-order valence-electron chi connectivity index (χ1n) is 8.08. The summed E-state index contributed by atoms with van der Waals surface area (Å²) >= 11 is 0. The number of amides is 1. The Morgan fingerprint density at radius 2 is 1.95 bits per heavy atom. The Hall–Kier alpha value is -1.59. The zero-order chi connectivity index (χ0) is 15.8. The highest BCUT2D eigenvalue weighted by Gasteiger charge is 2.21. The number of methoxy groups -OCH3 is 1. The molecule has 2 rings (SSSR count). The summed E-state index contributed by atoms with van der Waals surface area (Å²) in [5.74, 6) is 0.962. The molecule has 5 nitrogen and oxygen atoms in total. The predicted octanol–water partition coefficient (Wildman–Crippen LogP) is 1.51. The van der Waals surface area contributed by atoms with Gasteiger partial charge in [0.25, 0.3) is 0 Å². The van der Waals surface area contributed by atoms with E-state index in [1.54, 1.807) is 7.11 Å². The standard InChI is InChI=1S/C17H27N3O2/c1-22-15-7-5-14(6-8-15)13-19-10-9-16(18)17(21)20-11-3-2-4-12-20/h5-8,16,19H,2-4,9-13,18H2,1H3. The molecular weight excluding hydrogens is 278 g/mol. The number of hydrogen-bond acceptors (Lipinski definition) is 4. The number of nitrogens with two attached hydrogens (primary N) is 1. The molecule has 1 fully saturated rings. The minimum absolute atomic E-state index is 0.103. The largest absolute Gasteiger partial charge is 0.497 e. The molecule has 0 spiro atoms. The average molecular weight is 305 g/mol. The van der Waals surface area contributed by atoms with Crippen molar-refractivity contribution in [2.24, 2.45) is 5.73 Å². The maximum atomic E-state index is 12.2. The van der Waals surface area contributed by atoms with Gasteiger partial charge in [-0.05, 0) is 49.9 Å². The maximum absolute atomic E-state index is 12.2. The van der Waals surface area contributed by atoms with Crippen LogP contribution in [0.2, 0.25) is 0 Å². The number of benzene rings is 1. The number of likely N-dealkylation sites (tertiary alicyclic amines) is 1. The van der Waals surface area contributed by atoms with Gasteiger partial charge in [0.15, 0.2) is 0 Å². The molecule has 1 aromatic rings. The van der Waals surface area contributed by atoms with Crippen LogP contribution in [0.15, 0.2) is 24.3 Å². The summed E-state index contributed by atoms with van der Waals surface area (Å²) in [5, 5.41) is 3.34. The monoisotopic (exact) mass is 305 g/mol. The van der Waals surface area contributed by atoms with Crippen LogP contribution in [0, 0.1) is 0 Å². The van der Waals surface area contributed by atoms with E-state index in [4.69, 9.17) is 10.5 Å². The first kappa shape index (κ1) is 16.8. The zero-order valence-corrected chi connectivity index (χ0v) is 13.4. The van der Waals surface area contributed by atoms with Gasteiger partial charge in [-0.15, -0.1) is 0 Å². The number of rotatable bonds is 7.